The fourth-order valence-corrected chi connectivity index (χ4v) is 4.78. The van der Waals surface area contributed by atoms with Gasteiger partial charge in [0.15, 0.2) is 0 Å². The summed E-state index contributed by atoms with van der Waals surface area (Å²) in [5, 5.41) is 8.75. The van der Waals surface area contributed by atoms with Gasteiger partial charge >= 0.3 is 0 Å². The van der Waals surface area contributed by atoms with Gasteiger partial charge in [-0.05, 0) is 55.3 Å². The number of rotatable bonds is 4. The van der Waals surface area contributed by atoms with Crippen LogP contribution >= 0.6 is 0 Å². The van der Waals surface area contributed by atoms with E-state index in [4.69, 9.17) is 15.9 Å². The van der Waals surface area contributed by atoms with Crippen molar-refractivity contribution < 1.29 is 9.13 Å². The van der Waals surface area contributed by atoms with Crippen LogP contribution in [0.3, 0.4) is 0 Å². The first-order valence-electron chi connectivity index (χ1n) is 12.0. The molecule has 1 aliphatic heterocycles. The molecular weight excluding hydrogens is 443 g/mol. The van der Waals surface area contributed by atoms with Crippen LogP contribution in [0.15, 0.2) is 59.5 Å². The summed E-state index contributed by atoms with van der Waals surface area (Å²) in [5.41, 5.74) is 12.1. The molecule has 5 rings (SSSR count). The largest absolute Gasteiger partial charge is 0.398 e. The second-order valence-corrected chi connectivity index (χ2v) is 8.47. The molecule has 1 saturated heterocycles. The zero-order valence-electron chi connectivity index (χ0n) is 20.3. The Bertz CT molecular complexity index is 1410. The van der Waals surface area contributed by atoms with Gasteiger partial charge < -0.3 is 25.0 Å². The summed E-state index contributed by atoms with van der Waals surface area (Å²) in [6.45, 7) is 5.33. The van der Waals surface area contributed by atoms with Gasteiger partial charge in [-0.1, -0.05) is 13.8 Å². The quantitative estimate of drug-likeness (QED) is 0.297. The van der Waals surface area contributed by atoms with Gasteiger partial charge in [-0.3, -0.25) is 4.79 Å². The summed E-state index contributed by atoms with van der Waals surface area (Å²) >= 11 is 0. The van der Waals surface area contributed by atoms with Crippen molar-refractivity contribution in [1.29, 1.82) is 5.41 Å². The van der Waals surface area contributed by atoms with Crippen LogP contribution in [-0.4, -0.2) is 28.6 Å². The van der Waals surface area contributed by atoms with Crippen molar-refractivity contribution in [1.82, 2.24) is 9.13 Å². The standard InChI is InChI=1S/C26H25FN4O2.C2H6/c1-30-15-17(2-7-24(30)32)25-21-13-22(29)18(14-28)12-23(21)31(20-5-3-19(27)4-6-20)26(25)16-8-10-33-11-9-16;1-2/h2-7,12-16,28H,8-11,29H2,1H3;1-2H3. The lowest BCUT2D eigenvalue weighted by Crippen LogP contribution is -2.18. The van der Waals surface area contributed by atoms with Crippen LogP contribution in [0.25, 0.3) is 27.7 Å². The molecule has 0 atom stereocenters. The highest BCUT2D eigenvalue weighted by atomic mass is 19.1. The van der Waals surface area contributed by atoms with Crippen molar-refractivity contribution in [2.45, 2.75) is 32.6 Å². The zero-order chi connectivity index (χ0) is 25.1. The average Bonchev–Trinajstić information content (AvgIpc) is 3.21. The number of ether oxygens (including phenoxy) is 1. The van der Waals surface area contributed by atoms with Gasteiger partial charge in [-0.2, -0.15) is 0 Å². The number of hydrogen-bond acceptors (Lipinski definition) is 4. The molecule has 0 spiro atoms. The van der Waals surface area contributed by atoms with Gasteiger partial charge in [0, 0.05) is 83.8 Å². The summed E-state index contributed by atoms with van der Waals surface area (Å²) in [7, 11) is 1.74. The van der Waals surface area contributed by atoms with E-state index in [1.807, 2.05) is 38.2 Å². The summed E-state index contributed by atoms with van der Waals surface area (Å²) < 4.78 is 23.1. The number of benzene rings is 2. The number of nitrogens with one attached hydrogen (secondary N) is 1. The van der Waals surface area contributed by atoms with E-state index >= 15 is 0 Å². The van der Waals surface area contributed by atoms with Crippen LogP contribution in [0, 0.1) is 11.2 Å². The Balaban J connectivity index is 0.00000141. The van der Waals surface area contributed by atoms with Gasteiger partial charge in [-0.25, -0.2) is 4.39 Å². The summed E-state index contributed by atoms with van der Waals surface area (Å²) in [5.74, 6) is -0.0985. The third-order valence-corrected chi connectivity index (χ3v) is 6.43. The van der Waals surface area contributed by atoms with Crippen molar-refractivity contribution in [2.24, 2.45) is 7.05 Å². The number of halogens is 1. The Hall–Kier alpha value is -3.71. The number of nitrogens with zero attached hydrogens (tertiary/aromatic N) is 2. The first-order chi connectivity index (χ1) is 17.0. The third-order valence-electron chi connectivity index (χ3n) is 6.43. The molecule has 182 valence electrons. The molecule has 0 amide bonds. The molecule has 35 heavy (non-hydrogen) atoms. The van der Waals surface area contributed by atoms with E-state index in [1.165, 1.54) is 18.3 Å². The van der Waals surface area contributed by atoms with Crippen LogP contribution in [0.1, 0.15) is 43.9 Å². The molecule has 0 unspecified atom stereocenters. The third kappa shape index (κ3) is 4.51. The van der Waals surface area contributed by atoms with E-state index in [0.29, 0.717) is 24.5 Å². The van der Waals surface area contributed by atoms with Gasteiger partial charge in [-0.15, -0.1) is 0 Å². The van der Waals surface area contributed by atoms with E-state index in [-0.39, 0.29) is 17.3 Å². The van der Waals surface area contributed by atoms with E-state index < -0.39 is 0 Å². The normalized spacial score (nSPS) is 13.9. The summed E-state index contributed by atoms with van der Waals surface area (Å²) in [6, 6.07) is 13.7. The SMILES string of the molecule is CC.Cn1cc(-c2c(C3CCOCC3)n(-c3ccc(F)cc3)c3cc(C=N)c(N)cc23)ccc1=O. The molecule has 2 aromatic carbocycles. The van der Waals surface area contributed by atoms with Crippen LogP contribution in [0.5, 0.6) is 0 Å². The van der Waals surface area contributed by atoms with Gasteiger partial charge in [0.05, 0.1) is 5.52 Å². The molecule has 0 bridgehead atoms. The van der Waals surface area contributed by atoms with Crippen LogP contribution in [0.2, 0.25) is 0 Å². The minimum atomic E-state index is -0.300. The van der Waals surface area contributed by atoms with Crippen molar-refractivity contribution in [3.8, 4) is 16.8 Å². The van der Waals surface area contributed by atoms with Crippen molar-refractivity contribution >= 4 is 22.8 Å². The van der Waals surface area contributed by atoms with Gasteiger partial charge in [0.25, 0.3) is 0 Å². The maximum atomic E-state index is 13.8. The number of fused-ring (bicyclic) bond motifs is 1. The smallest absolute Gasteiger partial charge is 0.250 e. The fraction of sp³-hybridized carbons (Fsp3) is 0.286. The molecule has 0 aliphatic carbocycles. The molecule has 3 heterocycles. The first-order valence-corrected chi connectivity index (χ1v) is 12.0. The monoisotopic (exact) mass is 474 g/mol. The van der Waals surface area contributed by atoms with E-state index in [0.717, 1.165) is 46.3 Å². The summed E-state index contributed by atoms with van der Waals surface area (Å²) in [6.07, 6.45) is 4.79. The fourth-order valence-electron chi connectivity index (χ4n) is 4.78. The van der Waals surface area contributed by atoms with E-state index in [9.17, 15) is 9.18 Å². The average molecular weight is 475 g/mol. The Morgan fingerprint density at radius 2 is 1.77 bits per heavy atom. The highest BCUT2D eigenvalue weighted by Gasteiger charge is 2.28. The molecule has 7 heteroatoms. The van der Waals surface area contributed by atoms with Crippen molar-refractivity contribution in [2.75, 3.05) is 18.9 Å². The maximum absolute atomic E-state index is 13.8. The Morgan fingerprint density at radius 3 is 2.40 bits per heavy atom. The number of pyridine rings is 1. The number of anilines is 1. The minimum Gasteiger partial charge on any atom is -0.398 e. The van der Waals surface area contributed by atoms with Crippen molar-refractivity contribution in [3.63, 3.8) is 0 Å². The Labute approximate surface area is 204 Å². The molecule has 0 radical (unpaired) electrons. The first kappa shape index (κ1) is 24.4. The highest BCUT2D eigenvalue weighted by molar-refractivity contribution is 6.04. The predicted molar refractivity (Wildman–Crippen MR) is 140 cm³/mol. The number of aryl methyl sites for hydroxylation is 1. The number of aromatic nitrogens is 2. The van der Waals surface area contributed by atoms with E-state index in [2.05, 4.69) is 4.57 Å². The second-order valence-electron chi connectivity index (χ2n) is 8.47. The van der Waals surface area contributed by atoms with Crippen molar-refractivity contribution in [3.05, 3.63) is 82.2 Å². The number of nitrogen functional groups attached to an aromatic ring is 1. The number of nitrogens with two attached hydrogens (primary N) is 1. The summed E-state index contributed by atoms with van der Waals surface area (Å²) in [4.78, 5) is 12.1. The maximum Gasteiger partial charge on any atom is 0.250 e. The molecule has 6 nitrogen and oxygen atoms in total. The number of hydrogen-bond donors (Lipinski definition) is 2. The molecule has 3 N–H and O–H groups in total. The molecule has 1 aliphatic rings. The highest BCUT2D eigenvalue weighted by Crippen LogP contribution is 2.44. The zero-order valence-corrected chi connectivity index (χ0v) is 20.3. The molecule has 1 fully saturated rings. The molecule has 2 aromatic heterocycles. The topological polar surface area (TPSA) is 86.0 Å². The van der Waals surface area contributed by atoms with Crippen LogP contribution in [-0.2, 0) is 11.8 Å². The van der Waals surface area contributed by atoms with Crippen LogP contribution < -0.4 is 11.3 Å². The Morgan fingerprint density at radius 1 is 1.09 bits per heavy atom. The predicted octanol–water partition coefficient (Wildman–Crippen LogP) is 5.64. The lowest BCUT2D eigenvalue weighted by molar-refractivity contribution is 0.0843. The molecule has 0 saturated carbocycles. The van der Waals surface area contributed by atoms with Gasteiger partial charge in [0.1, 0.15) is 5.82 Å². The Kier molecular flexibility index (Phi) is 7.17. The lowest BCUT2D eigenvalue weighted by Gasteiger charge is -2.26. The minimum absolute atomic E-state index is 0.0840. The lowest BCUT2D eigenvalue weighted by atomic mass is 9.90. The molecule has 4 aromatic rings. The van der Waals surface area contributed by atoms with E-state index in [1.54, 1.807) is 29.8 Å². The van der Waals surface area contributed by atoms with Crippen LogP contribution in [0.4, 0.5) is 10.1 Å². The second kappa shape index (κ2) is 10.3. The molecular formula is C28H31FN4O2. The van der Waals surface area contributed by atoms with Gasteiger partial charge in [0.2, 0.25) is 5.56 Å².